The van der Waals surface area contributed by atoms with Crippen molar-refractivity contribution in [2.45, 2.75) is 58.8 Å². The van der Waals surface area contributed by atoms with Gasteiger partial charge >= 0.3 is 0 Å². The van der Waals surface area contributed by atoms with Crippen molar-refractivity contribution in [3.05, 3.63) is 34.9 Å². The molecule has 0 aliphatic carbocycles. The summed E-state index contributed by atoms with van der Waals surface area (Å²) >= 11 is 5.66. The molecule has 1 aromatic rings. The zero-order chi connectivity index (χ0) is 13.4. The molecular weight excluding hydrogens is 244 g/mol. The maximum atomic E-state index is 11.4. The van der Waals surface area contributed by atoms with Crippen LogP contribution in [0.2, 0.25) is 0 Å². The third-order valence-electron chi connectivity index (χ3n) is 3.36. The van der Waals surface area contributed by atoms with Crippen LogP contribution in [0.15, 0.2) is 18.2 Å². The molecule has 0 atom stereocenters. The molecule has 1 nitrogen and oxygen atoms in total. The first kappa shape index (κ1) is 15.2. The summed E-state index contributed by atoms with van der Waals surface area (Å²) in [6.45, 7) is 4.17. The molecule has 0 saturated carbocycles. The highest BCUT2D eigenvalue weighted by atomic mass is 35.5. The number of hydrogen-bond donors (Lipinski definition) is 0. The van der Waals surface area contributed by atoms with Gasteiger partial charge in [0.15, 0.2) is 0 Å². The van der Waals surface area contributed by atoms with Gasteiger partial charge in [-0.2, -0.15) is 0 Å². The van der Waals surface area contributed by atoms with Crippen LogP contribution < -0.4 is 0 Å². The minimum atomic E-state index is -0.325. The van der Waals surface area contributed by atoms with E-state index in [-0.39, 0.29) is 5.24 Å². The van der Waals surface area contributed by atoms with Crippen LogP contribution in [-0.2, 0) is 6.42 Å². The molecule has 0 saturated heterocycles. The summed E-state index contributed by atoms with van der Waals surface area (Å²) in [4.78, 5) is 11.4. The van der Waals surface area contributed by atoms with Gasteiger partial charge in [0.05, 0.1) is 0 Å². The van der Waals surface area contributed by atoms with E-state index in [0.29, 0.717) is 5.56 Å². The quantitative estimate of drug-likeness (QED) is 0.462. The second-order valence-corrected chi connectivity index (χ2v) is 5.24. The Bertz CT molecular complexity index is 385. The lowest BCUT2D eigenvalue weighted by Gasteiger charge is -2.08. The Kier molecular flexibility index (Phi) is 7.04. The van der Waals surface area contributed by atoms with Gasteiger partial charge in [0, 0.05) is 5.56 Å². The van der Waals surface area contributed by atoms with E-state index >= 15 is 0 Å². The SMILES string of the molecule is CCCCCCCCc1cccc(C)c1C(=O)Cl. The maximum absolute atomic E-state index is 11.4. The highest BCUT2D eigenvalue weighted by Gasteiger charge is 2.11. The van der Waals surface area contributed by atoms with Crippen LogP contribution in [0.3, 0.4) is 0 Å². The number of carbonyl (C=O) groups is 1. The number of halogens is 1. The molecule has 0 N–H and O–H groups in total. The minimum absolute atomic E-state index is 0.325. The largest absolute Gasteiger partial charge is 0.276 e. The molecule has 2 heteroatoms. The average molecular weight is 267 g/mol. The smallest absolute Gasteiger partial charge is 0.252 e. The number of unbranched alkanes of at least 4 members (excludes halogenated alkanes) is 5. The van der Waals surface area contributed by atoms with Crippen molar-refractivity contribution >= 4 is 16.8 Å². The monoisotopic (exact) mass is 266 g/mol. The van der Waals surface area contributed by atoms with Crippen LogP contribution in [0.5, 0.6) is 0 Å². The predicted octanol–water partition coefficient (Wildman–Crippen LogP) is 5.28. The van der Waals surface area contributed by atoms with Crippen molar-refractivity contribution in [2.75, 3.05) is 0 Å². The van der Waals surface area contributed by atoms with Gasteiger partial charge in [-0.25, -0.2) is 0 Å². The molecule has 1 rings (SSSR count). The third-order valence-corrected chi connectivity index (χ3v) is 3.54. The van der Waals surface area contributed by atoms with E-state index in [0.717, 1.165) is 24.0 Å². The lowest BCUT2D eigenvalue weighted by atomic mass is 9.97. The fourth-order valence-electron chi connectivity index (χ4n) is 2.31. The first-order chi connectivity index (χ1) is 8.66. The van der Waals surface area contributed by atoms with Crippen molar-refractivity contribution in [1.29, 1.82) is 0 Å². The van der Waals surface area contributed by atoms with Crippen molar-refractivity contribution in [3.63, 3.8) is 0 Å². The van der Waals surface area contributed by atoms with Crippen molar-refractivity contribution < 1.29 is 4.79 Å². The molecule has 18 heavy (non-hydrogen) atoms. The summed E-state index contributed by atoms with van der Waals surface area (Å²) in [5, 5.41) is -0.325. The van der Waals surface area contributed by atoms with Crippen LogP contribution in [0.25, 0.3) is 0 Å². The number of aryl methyl sites for hydroxylation is 2. The first-order valence-electron chi connectivity index (χ1n) is 6.95. The molecule has 0 aliphatic rings. The van der Waals surface area contributed by atoms with Gasteiger partial charge in [0.2, 0.25) is 0 Å². The summed E-state index contributed by atoms with van der Waals surface area (Å²) in [7, 11) is 0. The number of benzene rings is 1. The summed E-state index contributed by atoms with van der Waals surface area (Å²) < 4.78 is 0. The number of hydrogen-bond acceptors (Lipinski definition) is 1. The zero-order valence-corrected chi connectivity index (χ0v) is 12.2. The van der Waals surface area contributed by atoms with E-state index in [4.69, 9.17) is 11.6 Å². The molecule has 0 spiro atoms. The normalized spacial score (nSPS) is 10.6. The van der Waals surface area contributed by atoms with Gasteiger partial charge in [-0.05, 0) is 42.5 Å². The fourth-order valence-corrected chi connectivity index (χ4v) is 2.58. The molecule has 100 valence electrons. The molecule has 0 aromatic heterocycles. The molecular formula is C16H23ClO. The zero-order valence-electron chi connectivity index (χ0n) is 11.5. The van der Waals surface area contributed by atoms with Gasteiger partial charge in [-0.15, -0.1) is 0 Å². The average Bonchev–Trinajstić information content (AvgIpc) is 2.33. The van der Waals surface area contributed by atoms with Crippen LogP contribution in [0.4, 0.5) is 0 Å². The summed E-state index contributed by atoms with van der Waals surface area (Å²) in [5.74, 6) is 0. The Morgan fingerprint density at radius 2 is 1.78 bits per heavy atom. The van der Waals surface area contributed by atoms with Crippen LogP contribution in [-0.4, -0.2) is 5.24 Å². The summed E-state index contributed by atoms with van der Waals surface area (Å²) in [6.07, 6.45) is 8.57. The second-order valence-electron chi connectivity index (χ2n) is 4.90. The fraction of sp³-hybridized carbons (Fsp3) is 0.562. The molecule has 0 bridgehead atoms. The summed E-state index contributed by atoms with van der Waals surface area (Å²) in [6, 6.07) is 5.97. The molecule has 1 aromatic carbocycles. The van der Waals surface area contributed by atoms with Crippen LogP contribution >= 0.6 is 11.6 Å². The molecule has 0 unspecified atom stereocenters. The molecule has 0 aliphatic heterocycles. The molecule has 0 radical (unpaired) electrons. The second kappa shape index (κ2) is 8.31. The Morgan fingerprint density at radius 3 is 2.44 bits per heavy atom. The standard InChI is InChI=1S/C16H23ClO/c1-3-4-5-6-7-8-11-14-12-9-10-13(2)15(14)16(17)18/h9-10,12H,3-8,11H2,1-2H3. The Labute approximate surface area is 116 Å². The van der Waals surface area contributed by atoms with Gasteiger partial charge < -0.3 is 0 Å². The van der Waals surface area contributed by atoms with Crippen LogP contribution in [0, 0.1) is 6.92 Å². The van der Waals surface area contributed by atoms with Crippen molar-refractivity contribution in [3.8, 4) is 0 Å². The van der Waals surface area contributed by atoms with Gasteiger partial charge in [0.25, 0.3) is 5.24 Å². The predicted molar refractivity (Wildman–Crippen MR) is 78.4 cm³/mol. The van der Waals surface area contributed by atoms with E-state index in [1.807, 2.05) is 25.1 Å². The van der Waals surface area contributed by atoms with E-state index in [1.54, 1.807) is 0 Å². The minimum Gasteiger partial charge on any atom is -0.276 e. The highest BCUT2D eigenvalue weighted by Crippen LogP contribution is 2.19. The van der Waals surface area contributed by atoms with Crippen molar-refractivity contribution in [2.24, 2.45) is 0 Å². The number of carbonyl (C=O) groups excluding carboxylic acids is 1. The highest BCUT2D eigenvalue weighted by molar-refractivity contribution is 6.68. The van der Waals surface area contributed by atoms with Gasteiger partial charge in [0.1, 0.15) is 0 Å². The Balaban J connectivity index is 2.47. The Morgan fingerprint density at radius 1 is 1.11 bits per heavy atom. The topological polar surface area (TPSA) is 17.1 Å². The Hall–Kier alpha value is -0.820. The number of rotatable bonds is 8. The first-order valence-corrected chi connectivity index (χ1v) is 7.33. The van der Waals surface area contributed by atoms with E-state index < -0.39 is 0 Å². The van der Waals surface area contributed by atoms with E-state index in [9.17, 15) is 4.79 Å². The van der Waals surface area contributed by atoms with Crippen LogP contribution in [0.1, 0.15) is 66.9 Å². The lowest BCUT2D eigenvalue weighted by molar-refractivity contribution is 0.108. The van der Waals surface area contributed by atoms with E-state index in [2.05, 4.69) is 6.92 Å². The molecule has 0 fully saturated rings. The molecule has 0 heterocycles. The lowest BCUT2D eigenvalue weighted by Crippen LogP contribution is -2.01. The molecule has 0 amide bonds. The summed E-state index contributed by atoms with van der Waals surface area (Å²) in [5.41, 5.74) is 2.80. The van der Waals surface area contributed by atoms with Gasteiger partial charge in [-0.3, -0.25) is 4.79 Å². The van der Waals surface area contributed by atoms with Crippen molar-refractivity contribution in [1.82, 2.24) is 0 Å². The third kappa shape index (κ3) is 4.81. The van der Waals surface area contributed by atoms with E-state index in [1.165, 1.54) is 32.1 Å². The maximum Gasteiger partial charge on any atom is 0.252 e. The van der Waals surface area contributed by atoms with Gasteiger partial charge in [-0.1, -0.05) is 57.2 Å².